The van der Waals surface area contributed by atoms with Crippen LogP contribution >= 0.6 is 11.6 Å². The zero-order valence-electron chi connectivity index (χ0n) is 10.5. The highest BCUT2D eigenvalue weighted by Crippen LogP contribution is 2.23. The van der Waals surface area contributed by atoms with Crippen LogP contribution in [-0.2, 0) is 4.79 Å². The smallest absolute Gasteiger partial charge is 0.324 e. The summed E-state index contributed by atoms with van der Waals surface area (Å²) in [5.41, 5.74) is 0.435. The third-order valence-electron chi connectivity index (χ3n) is 3.50. The summed E-state index contributed by atoms with van der Waals surface area (Å²) in [5, 5.41) is 2.87. The summed E-state index contributed by atoms with van der Waals surface area (Å²) < 4.78 is 0. The van der Waals surface area contributed by atoms with Gasteiger partial charge in [0, 0.05) is 13.1 Å². The number of benzene rings is 1. The molecular weight excluding hydrogens is 282 g/mol. The molecule has 0 radical (unpaired) electrons. The fraction of sp³-hybridized carbons (Fsp3) is 0.308. The van der Waals surface area contributed by atoms with Gasteiger partial charge in [0.25, 0.3) is 5.91 Å². The average molecular weight is 294 g/mol. The third-order valence-corrected chi connectivity index (χ3v) is 3.83. The fourth-order valence-corrected chi connectivity index (χ4v) is 2.61. The van der Waals surface area contributed by atoms with Gasteiger partial charge in [-0.2, -0.15) is 0 Å². The molecule has 7 heteroatoms. The Morgan fingerprint density at radius 1 is 1.25 bits per heavy atom. The molecule has 1 aromatic carbocycles. The van der Waals surface area contributed by atoms with Gasteiger partial charge in [-0.05, 0) is 12.1 Å². The quantitative estimate of drug-likeness (QED) is 0.817. The van der Waals surface area contributed by atoms with Crippen LogP contribution in [0.15, 0.2) is 24.3 Å². The summed E-state index contributed by atoms with van der Waals surface area (Å²) in [6, 6.07) is 6.19. The topological polar surface area (TPSA) is 69.7 Å². The Morgan fingerprint density at radius 3 is 2.55 bits per heavy atom. The minimum absolute atomic E-state index is 0.0355. The molecule has 2 fully saturated rings. The maximum Gasteiger partial charge on any atom is 0.324 e. The Kier molecular flexibility index (Phi) is 3.10. The van der Waals surface area contributed by atoms with Crippen molar-refractivity contribution in [2.75, 3.05) is 19.6 Å². The largest absolute Gasteiger partial charge is 0.334 e. The molecule has 0 aliphatic carbocycles. The van der Waals surface area contributed by atoms with E-state index in [-0.39, 0.29) is 30.4 Å². The first-order chi connectivity index (χ1) is 9.58. The van der Waals surface area contributed by atoms with E-state index in [1.54, 1.807) is 29.2 Å². The molecule has 1 aromatic rings. The number of carbonyl (C=O) groups is 3. The molecule has 0 atom stereocenters. The van der Waals surface area contributed by atoms with E-state index in [1.807, 2.05) is 0 Å². The number of hydrogen-bond acceptors (Lipinski definition) is 3. The number of amides is 4. The summed E-state index contributed by atoms with van der Waals surface area (Å²) in [7, 11) is 0. The molecule has 2 heterocycles. The molecule has 0 aromatic heterocycles. The van der Waals surface area contributed by atoms with Gasteiger partial charge in [0.2, 0.25) is 5.91 Å². The maximum atomic E-state index is 12.2. The number of rotatable bonds is 2. The SMILES string of the molecule is O=C(c1ccccc1Cl)N1CC(N2C(=O)CNC2=O)C1. The average Bonchev–Trinajstić information content (AvgIpc) is 2.69. The highest BCUT2D eigenvalue weighted by molar-refractivity contribution is 6.33. The summed E-state index contributed by atoms with van der Waals surface area (Å²) in [6.45, 7) is 0.736. The zero-order valence-corrected chi connectivity index (χ0v) is 11.3. The number of halogens is 1. The number of imide groups is 1. The first-order valence-electron chi connectivity index (χ1n) is 6.21. The molecule has 6 nitrogen and oxygen atoms in total. The van der Waals surface area contributed by atoms with E-state index in [0.29, 0.717) is 23.7 Å². The lowest BCUT2D eigenvalue weighted by atomic mass is 10.1. The van der Waals surface area contributed by atoms with Gasteiger partial charge in [0.1, 0.15) is 0 Å². The van der Waals surface area contributed by atoms with Crippen molar-refractivity contribution < 1.29 is 14.4 Å². The molecule has 104 valence electrons. The minimum atomic E-state index is -0.384. The van der Waals surface area contributed by atoms with Gasteiger partial charge < -0.3 is 10.2 Å². The van der Waals surface area contributed by atoms with Crippen LogP contribution in [0.4, 0.5) is 4.79 Å². The summed E-state index contributed by atoms with van der Waals surface area (Å²) >= 11 is 5.98. The summed E-state index contributed by atoms with van der Waals surface area (Å²) in [4.78, 5) is 38.0. The monoisotopic (exact) mass is 293 g/mol. The Balaban J connectivity index is 1.66. The van der Waals surface area contributed by atoms with Crippen LogP contribution in [0.3, 0.4) is 0 Å². The lowest BCUT2D eigenvalue weighted by Crippen LogP contribution is -2.62. The Bertz CT molecular complexity index is 582. The van der Waals surface area contributed by atoms with Gasteiger partial charge in [-0.25, -0.2) is 4.79 Å². The second-order valence-corrected chi connectivity index (χ2v) is 5.17. The fourth-order valence-electron chi connectivity index (χ4n) is 2.39. The highest BCUT2D eigenvalue weighted by atomic mass is 35.5. The predicted molar refractivity (Wildman–Crippen MR) is 71.4 cm³/mol. The lowest BCUT2D eigenvalue weighted by molar-refractivity contribution is -0.128. The van der Waals surface area contributed by atoms with E-state index in [2.05, 4.69) is 5.32 Å². The first-order valence-corrected chi connectivity index (χ1v) is 6.59. The van der Waals surface area contributed by atoms with Gasteiger partial charge in [-0.3, -0.25) is 14.5 Å². The molecule has 0 unspecified atom stereocenters. The van der Waals surface area contributed by atoms with Crippen molar-refractivity contribution in [1.82, 2.24) is 15.1 Å². The molecule has 0 bridgehead atoms. The van der Waals surface area contributed by atoms with Crippen LogP contribution in [0.2, 0.25) is 5.02 Å². The van der Waals surface area contributed by atoms with E-state index in [4.69, 9.17) is 11.6 Å². The van der Waals surface area contributed by atoms with Crippen molar-refractivity contribution in [3.63, 3.8) is 0 Å². The van der Waals surface area contributed by atoms with Crippen molar-refractivity contribution in [3.8, 4) is 0 Å². The molecule has 4 amide bonds. The normalized spacial score (nSPS) is 19.1. The first kappa shape index (κ1) is 12.9. The molecule has 0 saturated carbocycles. The van der Waals surface area contributed by atoms with Crippen molar-refractivity contribution in [2.24, 2.45) is 0 Å². The van der Waals surface area contributed by atoms with E-state index < -0.39 is 0 Å². The molecule has 3 rings (SSSR count). The molecule has 2 aliphatic rings. The minimum Gasteiger partial charge on any atom is -0.334 e. The van der Waals surface area contributed by atoms with E-state index in [0.717, 1.165) is 0 Å². The third kappa shape index (κ3) is 2.02. The standard InChI is InChI=1S/C13H12ClN3O3/c14-10-4-2-1-3-9(10)12(19)16-6-8(7-16)17-11(18)5-15-13(17)20/h1-4,8H,5-7H2,(H,15,20). The van der Waals surface area contributed by atoms with Crippen LogP contribution in [-0.4, -0.2) is 53.3 Å². The van der Waals surface area contributed by atoms with Gasteiger partial charge in [-0.15, -0.1) is 0 Å². The molecule has 20 heavy (non-hydrogen) atoms. The number of urea groups is 1. The van der Waals surface area contributed by atoms with Crippen molar-refractivity contribution >= 4 is 29.4 Å². The number of nitrogens with zero attached hydrogens (tertiary/aromatic N) is 2. The predicted octanol–water partition coefficient (Wildman–Crippen LogP) is 0.716. The molecule has 1 N–H and O–H groups in total. The molecular formula is C13H12ClN3O3. The second-order valence-electron chi connectivity index (χ2n) is 4.77. The lowest BCUT2D eigenvalue weighted by Gasteiger charge is -2.42. The Labute approximate surface area is 120 Å². The number of carbonyl (C=O) groups excluding carboxylic acids is 3. The molecule has 2 aliphatic heterocycles. The summed E-state index contributed by atoms with van der Waals surface area (Å²) in [5.74, 6) is -0.427. The number of hydrogen-bond donors (Lipinski definition) is 1. The van der Waals surface area contributed by atoms with Crippen LogP contribution in [0.1, 0.15) is 10.4 Å². The Morgan fingerprint density at radius 2 is 1.95 bits per heavy atom. The van der Waals surface area contributed by atoms with Crippen LogP contribution < -0.4 is 5.32 Å². The van der Waals surface area contributed by atoms with Crippen LogP contribution in [0.25, 0.3) is 0 Å². The highest BCUT2D eigenvalue weighted by Gasteiger charge is 2.43. The van der Waals surface area contributed by atoms with Gasteiger partial charge in [0.05, 0.1) is 23.2 Å². The summed E-state index contributed by atoms with van der Waals surface area (Å²) in [6.07, 6.45) is 0. The zero-order chi connectivity index (χ0) is 14.3. The Hall–Kier alpha value is -2.08. The second kappa shape index (κ2) is 4.79. The van der Waals surface area contributed by atoms with Gasteiger partial charge in [-0.1, -0.05) is 23.7 Å². The maximum absolute atomic E-state index is 12.2. The number of likely N-dealkylation sites (tertiary alicyclic amines) is 1. The van der Waals surface area contributed by atoms with E-state index >= 15 is 0 Å². The van der Waals surface area contributed by atoms with Gasteiger partial charge >= 0.3 is 6.03 Å². The van der Waals surface area contributed by atoms with Crippen molar-refractivity contribution in [1.29, 1.82) is 0 Å². The molecule has 2 saturated heterocycles. The van der Waals surface area contributed by atoms with Crippen molar-refractivity contribution in [3.05, 3.63) is 34.9 Å². The van der Waals surface area contributed by atoms with Crippen LogP contribution in [0.5, 0.6) is 0 Å². The van der Waals surface area contributed by atoms with Gasteiger partial charge in [0.15, 0.2) is 0 Å². The van der Waals surface area contributed by atoms with E-state index in [1.165, 1.54) is 4.90 Å². The number of nitrogens with one attached hydrogen (secondary N) is 1. The molecule has 0 spiro atoms. The van der Waals surface area contributed by atoms with Crippen LogP contribution in [0, 0.1) is 0 Å². The van der Waals surface area contributed by atoms with Crippen molar-refractivity contribution in [2.45, 2.75) is 6.04 Å². The van der Waals surface area contributed by atoms with E-state index in [9.17, 15) is 14.4 Å².